The van der Waals surface area contributed by atoms with E-state index < -0.39 is 5.97 Å². The first-order valence-corrected chi connectivity index (χ1v) is 3.66. The predicted molar refractivity (Wildman–Crippen MR) is 42.5 cm³/mol. The zero-order chi connectivity index (χ0) is 8.97. The van der Waals surface area contributed by atoms with Gasteiger partial charge in [-0.3, -0.25) is 0 Å². The summed E-state index contributed by atoms with van der Waals surface area (Å²) in [5.74, 6) is -0.875. The van der Waals surface area contributed by atoms with Crippen molar-refractivity contribution < 1.29 is 14.6 Å². The van der Waals surface area contributed by atoms with Crippen molar-refractivity contribution in [3.8, 4) is 5.88 Å². The fourth-order valence-corrected chi connectivity index (χ4v) is 0.782. The highest BCUT2D eigenvalue weighted by molar-refractivity contribution is 6.17. The number of aromatic carboxylic acids is 1. The summed E-state index contributed by atoms with van der Waals surface area (Å²) in [6.07, 6.45) is 0. The molecule has 0 spiro atoms. The zero-order valence-electron chi connectivity index (χ0n) is 6.03. The maximum absolute atomic E-state index is 10.4. The highest BCUT2D eigenvalue weighted by Gasteiger charge is 2.04. The molecule has 0 amide bonds. The summed E-state index contributed by atoms with van der Waals surface area (Å²) in [5.41, 5.74) is -0.0578. The molecule has 0 fully saturated rings. The normalized spacial score (nSPS) is 9.42. The van der Waals surface area contributed by atoms with Crippen LogP contribution in [0.1, 0.15) is 10.5 Å². The topological polar surface area (TPSA) is 59.4 Å². The number of carboxylic acid groups (broad SMARTS) is 1. The molecule has 0 saturated heterocycles. The lowest BCUT2D eigenvalue weighted by atomic mass is 10.3. The van der Waals surface area contributed by atoms with E-state index in [9.17, 15) is 4.79 Å². The first-order chi connectivity index (χ1) is 5.74. The predicted octanol–water partition coefficient (Wildman–Crippen LogP) is 1.35. The van der Waals surface area contributed by atoms with Gasteiger partial charge in [-0.25, -0.2) is 9.78 Å². The van der Waals surface area contributed by atoms with Gasteiger partial charge in [0.05, 0.1) is 0 Å². The van der Waals surface area contributed by atoms with Crippen LogP contribution < -0.4 is 4.74 Å². The summed E-state index contributed by atoms with van der Waals surface area (Å²) in [6, 6.07) is 4.41. The second-order valence-electron chi connectivity index (χ2n) is 1.92. The van der Waals surface area contributed by atoms with Crippen molar-refractivity contribution in [3.63, 3.8) is 0 Å². The van der Waals surface area contributed by atoms with E-state index in [2.05, 4.69) is 4.98 Å². The molecule has 0 aliphatic heterocycles. The van der Waals surface area contributed by atoms with Crippen LogP contribution in [0.5, 0.6) is 5.88 Å². The largest absolute Gasteiger partial charge is 0.477 e. The third kappa shape index (κ3) is 2.10. The number of carboxylic acids is 1. The highest BCUT2D eigenvalue weighted by atomic mass is 35.5. The molecule has 0 atom stereocenters. The molecule has 0 saturated carbocycles. The van der Waals surface area contributed by atoms with Gasteiger partial charge in [0.1, 0.15) is 0 Å². The Balaban J connectivity index is 2.88. The van der Waals surface area contributed by atoms with E-state index in [-0.39, 0.29) is 17.6 Å². The van der Waals surface area contributed by atoms with Crippen molar-refractivity contribution >= 4 is 17.6 Å². The van der Waals surface area contributed by atoms with Gasteiger partial charge < -0.3 is 9.84 Å². The van der Waals surface area contributed by atoms with E-state index in [4.69, 9.17) is 21.4 Å². The fraction of sp³-hybridized carbons (Fsp3) is 0.143. The lowest BCUT2D eigenvalue weighted by Crippen LogP contribution is -2.01. The second kappa shape index (κ2) is 3.92. The summed E-state index contributed by atoms with van der Waals surface area (Å²) in [6.45, 7) is 0. The second-order valence-corrected chi connectivity index (χ2v) is 2.14. The van der Waals surface area contributed by atoms with Gasteiger partial charge in [0, 0.05) is 6.07 Å². The van der Waals surface area contributed by atoms with Crippen LogP contribution >= 0.6 is 11.6 Å². The Hall–Kier alpha value is -1.29. The van der Waals surface area contributed by atoms with Crippen molar-refractivity contribution in [2.24, 2.45) is 0 Å². The van der Waals surface area contributed by atoms with E-state index >= 15 is 0 Å². The summed E-state index contributed by atoms with van der Waals surface area (Å²) < 4.78 is 4.79. The molecule has 5 heteroatoms. The van der Waals surface area contributed by atoms with Crippen LogP contribution in [0.2, 0.25) is 0 Å². The molecule has 64 valence electrons. The number of aromatic nitrogens is 1. The summed E-state index contributed by atoms with van der Waals surface area (Å²) >= 11 is 5.26. The highest BCUT2D eigenvalue weighted by Crippen LogP contribution is 2.07. The number of pyridine rings is 1. The first kappa shape index (κ1) is 8.80. The minimum Gasteiger partial charge on any atom is -0.477 e. The minimum absolute atomic E-state index is 0.0456. The van der Waals surface area contributed by atoms with Gasteiger partial charge in [0.15, 0.2) is 11.8 Å². The Morgan fingerprint density at radius 2 is 2.42 bits per heavy atom. The van der Waals surface area contributed by atoms with Gasteiger partial charge in [-0.15, -0.1) is 0 Å². The maximum atomic E-state index is 10.4. The number of hydrogen-bond acceptors (Lipinski definition) is 3. The molecule has 12 heavy (non-hydrogen) atoms. The Morgan fingerprint density at radius 3 is 3.00 bits per heavy atom. The molecule has 0 aromatic carbocycles. The number of hydrogen-bond donors (Lipinski definition) is 1. The van der Waals surface area contributed by atoms with Crippen LogP contribution in [0.3, 0.4) is 0 Å². The smallest absolute Gasteiger partial charge is 0.354 e. The van der Waals surface area contributed by atoms with Crippen LogP contribution in [0.4, 0.5) is 0 Å². The number of halogens is 1. The average molecular weight is 188 g/mol. The molecule has 0 aliphatic carbocycles. The fourth-order valence-electron chi connectivity index (χ4n) is 0.670. The Morgan fingerprint density at radius 1 is 1.67 bits per heavy atom. The number of nitrogens with zero attached hydrogens (tertiary/aromatic N) is 1. The van der Waals surface area contributed by atoms with Crippen molar-refractivity contribution in [1.82, 2.24) is 4.98 Å². The summed E-state index contributed by atoms with van der Waals surface area (Å²) in [7, 11) is 0. The van der Waals surface area contributed by atoms with Crippen molar-refractivity contribution in [3.05, 3.63) is 23.9 Å². The van der Waals surface area contributed by atoms with Gasteiger partial charge in [0.2, 0.25) is 5.88 Å². The monoisotopic (exact) mass is 187 g/mol. The molecule has 1 N–H and O–H groups in total. The average Bonchev–Trinajstić information content (AvgIpc) is 2.05. The molecule has 0 unspecified atom stereocenters. The summed E-state index contributed by atoms with van der Waals surface area (Å²) in [4.78, 5) is 14.1. The first-order valence-electron chi connectivity index (χ1n) is 3.13. The van der Waals surface area contributed by atoms with E-state index in [1.54, 1.807) is 6.07 Å². The third-order valence-electron chi connectivity index (χ3n) is 1.15. The van der Waals surface area contributed by atoms with Gasteiger partial charge in [-0.05, 0) is 6.07 Å². The van der Waals surface area contributed by atoms with Crippen molar-refractivity contribution in [2.75, 3.05) is 6.07 Å². The number of alkyl halides is 1. The van der Waals surface area contributed by atoms with E-state index in [0.29, 0.717) is 0 Å². The Kier molecular flexibility index (Phi) is 2.88. The molecule has 0 aliphatic rings. The van der Waals surface area contributed by atoms with Crippen LogP contribution in [0.25, 0.3) is 0 Å². The molecule has 0 radical (unpaired) electrons. The molecule has 0 bridgehead atoms. The zero-order valence-corrected chi connectivity index (χ0v) is 6.78. The van der Waals surface area contributed by atoms with Crippen LogP contribution in [0.15, 0.2) is 18.2 Å². The standard InChI is InChI=1S/C7H6ClNO3/c8-4-12-6-3-1-2-5(9-6)7(10)11/h1-3H,4H2,(H,10,11). The van der Waals surface area contributed by atoms with Crippen LogP contribution in [0, 0.1) is 0 Å². The molecular formula is C7H6ClNO3. The van der Waals surface area contributed by atoms with E-state index in [1.807, 2.05) is 0 Å². The molecule has 1 aromatic rings. The molecule has 1 aromatic heterocycles. The molecular weight excluding hydrogens is 182 g/mol. The number of carbonyl (C=O) groups is 1. The number of ether oxygens (including phenoxy) is 1. The third-order valence-corrected chi connectivity index (χ3v) is 1.25. The van der Waals surface area contributed by atoms with Gasteiger partial charge in [0.25, 0.3) is 0 Å². The van der Waals surface area contributed by atoms with Crippen molar-refractivity contribution in [2.45, 2.75) is 0 Å². The number of rotatable bonds is 3. The van der Waals surface area contributed by atoms with E-state index in [1.165, 1.54) is 12.1 Å². The molecule has 4 nitrogen and oxygen atoms in total. The van der Waals surface area contributed by atoms with Gasteiger partial charge in [-0.2, -0.15) is 0 Å². The molecule has 1 rings (SSSR count). The Bertz CT molecular complexity index is 290. The summed E-state index contributed by atoms with van der Waals surface area (Å²) in [5, 5.41) is 8.53. The molecule has 1 heterocycles. The van der Waals surface area contributed by atoms with Gasteiger partial charge >= 0.3 is 5.97 Å². The quantitative estimate of drug-likeness (QED) is 0.726. The van der Waals surface area contributed by atoms with E-state index in [0.717, 1.165) is 0 Å². The lowest BCUT2D eigenvalue weighted by molar-refractivity contribution is 0.0689. The van der Waals surface area contributed by atoms with Crippen LogP contribution in [-0.2, 0) is 0 Å². The van der Waals surface area contributed by atoms with Gasteiger partial charge in [-0.1, -0.05) is 17.7 Å². The Labute approximate surface area is 73.8 Å². The maximum Gasteiger partial charge on any atom is 0.354 e. The minimum atomic E-state index is -1.09. The lowest BCUT2D eigenvalue weighted by Gasteiger charge is -2.00. The van der Waals surface area contributed by atoms with Crippen molar-refractivity contribution in [1.29, 1.82) is 0 Å². The van der Waals surface area contributed by atoms with Crippen LogP contribution in [-0.4, -0.2) is 22.1 Å². The SMILES string of the molecule is O=C(O)c1cccc(OCCl)n1.